The quantitative estimate of drug-likeness (QED) is 0.815. The molecule has 1 atom stereocenters. The number of hydrogen-bond acceptors (Lipinski definition) is 4. The number of imidazole rings is 1. The van der Waals surface area contributed by atoms with Crippen LogP contribution in [0.5, 0.6) is 0 Å². The normalized spacial score (nSPS) is 21.3. The molecule has 0 amide bonds. The molecule has 5 nitrogen and oxygen atoms in total. The number of aromatic nitrogens is 2. The lowest BCUT2D eigenvalue weighted by Gasteiger charge is -2.32. The van der Waals surface area contributed by atoms with Gasteiger partial charge in [-0.15, -0.1) is 0 Å². The van der Waals surface area contributed by atoms with Crippen LogP contribution in [0.4, 0.5) is 0 Å². The Labute approximate surface area is 109 Å². The Morgan fingerprint density at radius 1 is 1.56 bits per heavy atom. The molecule has 0 bridgehead atoms. The minimum atomic E-state index is 0.290. The Hall–Kier alpha value is -0.910. The van der Waals surface area contributed by atoms with Crippen LogP contribution in [0.15, 0.2) is 12.4 Å². The first-order chi connectivity index (χ1) is 8.83. The van der Waals surface area contributed by atoms with E-state index in [1.54, 1.807) is 0 Å². The summed E-state index contributed by atoms with van der Waals surface area (Å²) < 4.78 is 7.94. The van der Waals surface area contributed by atoms with E-state index >= 15 is 0 Å². The van der Waals surface area contributed by atoms with E-state index in [-0.39, 0.29) is 0 Å². The minimum Gasteiger partial charge on any atom is -0.376 e. The van der Waals surface area contributed by atoms with Gasteiger partial charge in [-0.2, -0.15) is 0 Å². The molecule has 2 N–H and O–H groups in total. The zero-order valence-corrected chi connectivity index (χ0v) is 11.2. The first-order valence-electron chi connectivity index (χ1n) is 6.87. The molecule has 1 fully saturated rings. The smallest absolute Gasteiger partial charge is 0.122 e. The van der Waals surface area contributed by atoms with Crippen LogP contribution < -0.4 is 5.73 Å². The molecule has 1 aliphatic rings. The van der Waals surface area contributed by atoms with Crippen molar-refractivity contribution in [2.45, 2.75) is 39.0 Å². The van der Waals surface area contributed by atoms with Crippen LogP contribution in [0.1, 0.15) is 25.6 Å². The molecular formula is C13H24N4O. The zero-order chi connectivity index (χ0) is 12.8. The molecule has 0 aliphatic carbocycles. The first kappa shape index (κ1) is 13.5. The zero-order valence-electron chi connectivity index (χ0n) is 11.2. The summed E-state index contributed by atoms with van der Waals surface area (Å²) >= 11 is 0. The number of nitrogens with two attached hydrogens (primary N) is 1. The maximum Gasteiger partial charge on any atom is 0.122 e. The van der Waals surface area contributed by atoms with Gasteiger partial charge in [-0.05, 0) is 19.4 Å². The van der Waals surface area contributed by atoms with Crippen LogP contribution in [0.25, 0.3) is 0 Å². The molecule has 1 aliphatic heterocycles. The van der Waals surface area contributed by atoms with Crippen molar-refractivity contribution in [2.75, 3.05) is 26.2 Å². The number of ether oxygens (including phenoxy) is 1. The van der Waals surface area contributed by atoms with Gasteiger partial charge >= 0.3 is 0 Å². The number of nitrogens with zero attached hydrogens (tertiary/aromatic N) is 3. The SMILES string of the molecule is CCCn1ccnc1CN1CCO[C@H](CCN)C1. The molecule has 0 radical (unpaired) electrons. The fourth-order valence-corrected chi connectivity index (χ4v) is 2.42. The van der Waals surface area contributed by atoms with E-state index in [4.69, 9.17) is 10.5 Å². The third-order valence-electron chi connectivity index (χ3n) is 3.34. The van der Waals surface area contributed by atoms with Gasteiger partial charge in [0.2, 0.25) is 0 Å². The van der Waals surface area contributed by atoms with Gasteiger partial charge in [-0.1, -0.05) is 6.92 Å². The predicted octanol–water partition coefficient (Wildman–Crippen LogP) is 0.843. The number of rotatable bonds is 6. The molecule has 0 unspecified atom stereocenters. The number of aryl methyl sites for hydroxylation is 1. The predicted molar refractivity (Wildman–Crippen MR) is 71.2 cm³/mol. The molecule has 0 aromatic carbocycles. The molecule has 102 valence electrons. The summed E-state index contributed by atoms with van der Waals surface area (Å²) in [6.07, 6.45) is 6.33. The van der Waals surface area contributed by atoms with Crippen molar-refractivity contribution in [3.8, 4) is 0 Å². The van der Waals surface area contributed by atoms with E-state index in [1.165, 1.54) is 0 Å². The second-order valence-electron chi connectivity index (χ2n) is 4.84. The van der Waals surface area contributed by atoms with Crippen LogP contribution in [0.2, 0.25) is 0 Å². The van der Waals surface area contributed by atoms with Crippen LogP contribution in [-0.4, -0.2) is 46.8 Å². The molecule has 1 saturated heterocycles. The summed E-state index contributed by atoms with van der Waals surface area (Å²) in [6.45, 7) is 7.61. The standard InChI is InChI=1S/C13H24N4O/c1-2-6-17-7-5-15-13(17)11-16-8-9-18-12(10-16)3-4-14/h5,7,12H,2-4,6,8-11,14H2,1H3/t12-/m1/s1. The summed E-state index contributed by atoms with van der Waals surface area (Å²) in [7, 11) is 0. The van der Waals surface area contributed by atoms with Gasteiger partial charge in [0, 0.05) is 32.0 Å². The third kappa shape index (κ3) is 3.54. The van der Waals surface area contributed by atoms with Crippen LogP contribution in [0.3, 0.4) is 0 Å². The van der Waals surface area contributed by atoms with E-state index < -0.39 is 0 Å². The summed E-state index contributed by atoms with van der Waals surface area (Å²) in [5.41, 5.74) is 5.59. The summed E-state index contributed by atoms with van der Waals surface area (Å²) in [4.78, 5) is 6.87. The Morgan fingerprint density at radius 2 is 2.44 bits per heavy atom. The molecule has 1 aromatic rings. The highest BCUT2D eigenvalue weighted by Crippen LogP contribution is 2.11. The van der Waals surface area contributed by atoms with Gasteiger partial charge < -0.3 is 15.0 Å². The Balaban J connectivity index is 1.89. The lowest BCUT2D eigenvalue weighted by molar-refractivity contribution is -0.0345. The maximum atomic E-state index is 5.70. The van der Waals surface area contributed by atoms with E-state index in [9.17, 15) is 0 Å². The summed E-state index contributed by atoms with van der Waals surface area (Å²) in [5, 5.41) is 0. The van der Waals surface area contributed by atoms with Gasteiger partial charge in [0.15, 0.2) is 0 Å². The highest BCUT2D eigenvalue weighted by molar-refractivity contribution is 4.93. The average Bonchev–Trinajstić information content (AvgIpc) is 2.78. The second kappa shape index (κ2) is 6.87. The Morgan fingerprint density at radius 3 is 3.22 bits per heavy atom. The lowest BCUT2D eigenvalue weighted by atomic mass is 10.2. The number of hydrogen-bond donors (Lipinski definition) is 1. The number of morpholine rings is 1. The highest BCUT2D eigenvalue weighted by Gasteiger charge is 2.20. The van der Waals surface area contributed by atoms with E-state index in [0.29, 0.717) is 12.6 Å². The van der Waals surface area contributed by atoms with Gasteiger partial charge in [-0.25, -0.2) is 4.98 Å². The van der Waals surface area contributed by atoms with Crippen molar-refractivity contribution in [3.05, 3.63) is 18.2 Å². The first-order valence-corrected chi connectivity index (χ1v) is 6.87. The molecule has 18 heavy (non-hydrogen) atoms. The maximum absolute atomic E-state index is 5.70. The van der Waals surface area contributed by atoms with Crippen molar-refractivity contribution in [2.24, 2.45) is 5.73 Å². The van der Waals surface area contributed by atoms with Gasteiger partial charge in [-0.3, -0.25) is 4.90 Å². The fourth-order valence-electron chi connectivity index (χ4n) is 2.42. The van der Waals surface area contributed by atoms with Crippen molar-refractivity contribution in [1.82, 2.24) is 14.5 Å². The lowest BCUT2D eigenvalue weighted by Crippen LogP contribution is -2.43. The molecular weight excluding hydrogens is 228 g/mol. The van der Waals surface area contributed by atoms with Crippen LogP contribution >= 0.6 is 0 Å². The molecule has 5 heteroatoms. The third-order valence-corrected chi connectivity index (χ3v) is 3.34. The average molecular weight is 252 g/mol. The second-order valence-corrected chi connectivity index (χ2v) is 4.84. The van der Waals surface area contributed by atoms with Crippen molar-refractivity contribution in [3.63, 3.8) is 0 Å². The van der Waals surface area contributed by atoms with Gasteiger partial charge in [0.05, 0.1) is 19.3 Å². The molecule has 0 saturated carbocycles. The highest BCUT2D eigenvalue weighted by atomic mass is 16.5. The van der Waals surface area contributed by atoms with E-state index in [1.807, 2.05) is 6.20 Å². The largest absolute Gasteiger partial charge is 0.376 e. The molecule has 2 heterocycles. The Kier molecular flexibility index (Phi) is 5.16. The van der Waals surface area contributed by atoms with Crippen molar-refractivity contribution < 1.29 is 4.74 Å². The van der Waals surface area contributed by atoms with Crippen molar-refractivity contribution >= 4 is 0 Å². The van der Waals surface area contributed by atoms with Gasteiger partial charge in [0.1, 0.15) is 5.82 Å². The van der Waals surface area contributed by atoms with Crippen molar-refractivity contribution in [1.29, 1.82) is 0 Å². The topological polar surface area (TPSA) is 56.3 Å². The van der Waals surface area contributed by atoms with Gasteiger partial charge in [0.25, 0.3) is 0 Å². The van der Waals surface area contributed by atoms with Crippen LogP contribution in [-0.2, 0) is 17.8 Å². The summed E-state index contributed by atoms with van der Waals surface area (Å²) in [6, 6.07) is 0. The summed E-state index contributed by atoms with van der Waals surface area (Å²) in [5.74, 6) is 1.16. The monoisotopic (exact) mass is 252 g/mol. The van der Waals surface area contributed by atoms with E-state index in [0.717, 1.165) is 51.5 Å². The molecule has 0 spiro atoms. The van der Waals surface area contributed by atoms with Crippen LogP contribution in [0, 0.1) is 0 Å². The van der Waals surface area contributed by atoms with E-state index in [2.05, 4.69) is 27.6 Å². The molecule has 2 rings (SSSR count). The minimum absolute atomic E-state index is 0.290. The molecule has 1 aromatic heterocycles. The fraction of sp³-hybridized carbons (Fsp3) is 0.769. The Bertz CT molecular complexity index is 351.